The van der Waals surface area contributed by atoms with Crippen LogP contribution in [-0.2, 0) is 0 Å². The van der Waals surface area contributed by atoms with E-state index in [4.69, 9.17) is 16.3 Å². The fourth-order valence-electron chi connectivity index (χ4n) is 1.66. The Morgan fingerprint density at radius 2 is 1.83 bits per heavy atom. The average Bonchev–Trinajstić information content (AvgIpc) is 2.39. The van der Waals surface area contributed by atoms with E-state index >= 15 is 0 Å². The van der Waals surface area contributed by atoms with Crippen LogP contribution in [0.1, 0.15) is 25.0 Å². The fraction of sp³-hybridized carbons (Fsp3) is 0.200. The van der Waals surface area contributed by atoms with Gasteiger partial charge in [0.1, 0.15) is 11.5 Å². The summed E-state index contributed by atoms with van der Waals surface area (Å²) in [6.45, 7) is 1.95. The summed E-state index contributed by atoms with van der Waals surface area (Å²) in [7, 11) is 0. The highest BCUT2D eigenvalue weighted by atomic mass is 35.5. The van der Waals surface area contributed by atoms with Gasteiger partial charge in [0, 0.05) is 5.02 Å². The van der Waals surface area contributed by atoms with E-state index in [2.05, 4.69) is 0 Å². The van der Waals surface area contributed by atoms with E-state index in [9.17, 15) is 5.11 Å². The Kier molecular flexibility index (Phi) is 4.24. The van der Waals surface area contributed by atoms with E-state index in [0.29, 0.717) is 17.2 Å². The molecule has 0 heterocycles. The molecule has 2 nitrogen and oxygen atoms in total. The lowest BCUT2D eigenvalue weighted by Gasteiger charge is -2.10. The third kappa shape index (κ3) is 3.25. The van der Waals surface area contributed by atoms with Gasteiger partial charge in [0.05, 0.1) is 6.10 Å². The van der Waals surface area contributed by atoms with Crippen molar-refractivity contribution < 1.29 is 9.84 Å². The lowest BCUT2D eigenvalue weighted by Crippen LogP contribution is -1.94. The fourth-order valence-corrected chi connectivity index (χ4v) is 1.84. The number of benzene rings is 2. The van der Waals surface area contributed by atoms with Gasteiger partial charge in [-0.05, 0) is 42.3 Å². The standard InChI is InChI=1S/C15H15ClO2/c1-2-15(17)11-6-8-13(9-7-11)18-14-5-3-4-12(16)10-14/h3-10,15,17H,2H2,1H3/t15-/m0/s1. The molecular weight excluding hydrogens is 248 g/mol. The summed E-state index contributed by atoms with van der Waals surface area (Å²) in [5.41, 5.74) is 0.899. The molecule has 0 spiro atoms. The second-order valence-electron chi connectivity index (χ2n) is 4.05. The lowest BCUT2D eigenvalue weighted by molar-refractivity contribution is 0.173. The maximum Gasteiger partial charge on any atom is 0.128 e. The Balaban J connectivity index is 2.11. The van der Waals surface area contributed by atoms with Crippen LogP contribution in [0.5, 0.6) is 11.5 Å². The molecule has 0 aliphatic heterocycles. The quantitative estimate of drug-likeness (QED) is 0.874. The van der Waals surface area contributed by atoms with Crippen molar-refractivity contribution in [1.29, 1.82) is 0 Å². The second kappa shape index (κ2) is 5.89. The van der Waals surface area contributed by atoms with Crippen molar-refractivity contribution in [3.05, 3.63) is 59.1 Å². The van der Waals surface area contributed by atoms with Crippen molar-refractivity contribution in [1.82, 2.24) is 0 Å². The molecule has 0 aliphatic rings. The summed E-state index contributed by atoms with van der Waals surface area (Å²) in [5.74, 6) is 1.43. The van der Waals surface area contributed by atoms with E-state index in [1.165, 1.54) is 0 Å². The van der Waals surface area contributed by atoms with Gasteiger partial charge in [-0.15, -0.1) is 0 Å². The number of aliphatic hydroxyl groups is 1. The molecular formula is C15H15ClO2. The maximum absolute atomic E-state index is 9.69. The molecule has 2 rings (SSSR count). The Morgan fingerprint density at radius 1 is 1.11 bits per heavy atom. The van der Waals surface area contributed by atoms with Crippen molar-refractivity contribution >= 4 is 11.6 Å². The number of aliphatic hydroxyl groups excluding tert-OH is 1. The van der Waals surface area contributed by atoms with E-state index in [-0.39, 0.29) is 0 Å². The number of hydrogen-bond donors (Lipinski definition) is 1. The molecule has 2 aromatic rings. The molecule has 0 amide bonds. The smallest absolute Gasteiger partial charge is 0.128 e. The monoisotopic (exact) mass is 262 g/mol. The number of hydrogen-bond acceptors (Lipinski definition) is 2. The van der Waals surface area contributed by atoms with Crippen molar-refractivity contribution in [3.63, 3.8) is 0 Å². The summed E-state index contributed by atoms with van der Waals surface area (Å²) in [6, 6.07) is 14.7. The van der Waals surface area contributed by atoms with Gasteiger partial charge in [0.2, 0.25) is 0 Å². The molecule has 0 saturated carbocycles. The zero-order valence-electron chi connectivity index (χ0n) is 10.1. The summed E-state index contributed by atoms with van der Waals surface area (Å²) in [6.07, 6.45) is 0.291. The number of halogens is 1. The number of rotatable bonds is 4. The zero-order chi connectivity index (χ0) is 13.0. The van der Waals surface area contributed by atoms with Gasteiger partial charge in [-0.1, -0.05) is 36.7 Å². The van der Waals surface area contributed by atoms with Crippen LogP contribution < -0.4 is 4.74 Å². The van der Waals surface area contributed by atoms with E-state index < -0.39 is 6.10 Å². The minimum absolute atomic E-state index is 0.412. The van der Waals surface area contributed by atoms with E-state index in [0.717, 1.165) is 11.3 Å². The summed E-state index contributed by atoms with van der Waals surface area (Å²) in [5, 5.41) is 10.3. The Morgan fingerprint density at radius 3 is 2.44 bits per heavy atom. The second-order valence-corrected chi connectivity index (χ2v) is 4.49. The van der Waals surface area contributed by atoms with Gasteiger partial charge in [-0.25, -0.2) is 0 Å². The van der Waals surface area contributed by atoms with Crippen LogP contribution in [0.4, 0.5) is 0 Å². The summed E-state index contributed by atoms with van der Waals surface area (Å²) >= 11 is 5.88. The minimum Gasteiger partial charge on any atom is -0.457 e. The normalized spacial score (nSPS) is 12.2. The Bertz CT molecular complexity index is 508. The van der Waals surface area contributed by atoms with Crippen molar-refractivity contribution in [2.45, 2.75) is 19.4 Å². The van der Waals surface area contributed by atoms with Gasteiger partial charge in [0.15, 0.2) is 0 Å². The van der Waals surface area contributed by atoms with Gasteiger partial charge in [0.25, 0.3) is 0 Å². The molecule has 0 bridgehead atoms. The van der Waals surface area contributed by atoms with Crippen molar-refractivity contribution in [3.8, 4) is 11.5 Å². The molecule has 0 fully saturated rings. The maximum atomic E-state index is 9.69. The highest BCUT2D eigenvalue weighted by Gasteiger charge is 2.04. The average molecular weight is 263 g/mol. The van der Waals surface area contributed by atoms with Crippen LogP contribution in [0.15, 0.2) is 48.5 Å². The Hall–Kier alpha value is -1.51. The van der Waals surface area contributed by atoms with Gasteiger partial charge in [-0.2, -0.15) is 0 Å². The molecule has 94 valence electrons. The van der Waals surface area contributed by atoms with E-state index in [1.54, 1.807) is 12.1 Å². The van der Waals surface area contributed by atoms with Crippen LogP contribution >= 0.6 is 11.6 Å². The van der Waals surface area contributed by atoms with Crippen LogP contribution in [0.2, 0.25) is 5.02 Å². The van der Waals surface area contributed by atoms with Crippen LogP contribution in [-0.4, -0.2) is 5.11 Å². The van der Waals surface area contributed by atoms with Crippen LogP contribution in [0.25, 0.3) is 0 Å². The molecule has 0 radical (unpaired) electrons. The van der Waals surface area contributed by atoms with Gasteiger partial charge < -0.3 is 9.84 Å². The molecule has 0 aliphatic carbocycles. The first-order chi connectivity index (χ1) is 8.69. The highest BCUT2D eigenvalue weighted by Crippen LogP contribution is 2.26. The predicted molar refractivity (Wildman–Crippen MR) is 73.2 cm³/mol. The largest absolute Gasteiger partial charge is 0.457 e. The van der Waals surface area contributed by atoms with Crippen LogP contribution in [0, 0.1) is 0 Å². The first-order valence-corrected chi connectivity index (χ1v) is 6.28. The summed E-state index contributed by atoms with van der Waals surface area (Å²) in [4.78, 5) is 0. The van der Waals surface area contributed by atoms with Gasteiger partial charge >= 0.3 is 0 Å². The number of ether oxygens (including phenoxy) is 1. The molecule has 3 heteroatoms. The minimum atomic E-state index is -0.412. The third-order valence-corrected chi connectivity index (χ3v) is 2.92. The van der Waals surface area contributed by atoms with Crippen molar-refractivity contribution in [2.75, 3.05) is 0 Å². The SMILES string of the molecule is CC[C@H](O)c1ccc(Oc2cccc(Cl)c2)cc1. The van der Waals surface area contributed by atoms with Crippen LogP contribution in [0.3, 0.4) is 0 Å². The lowest BCUT2D eigenvalue weighted by atomic mass is 10.1. The zero-order valence-corrected chi connectivity index (χ0v) is 10.9. The van der Waals surface area contributed by atoms with E-state index in [1.807, 2.05) is 43.3 Å². The molecule has 0 aromatic heterocycles. The predicted octanol–water partition coefficient (Wildman–Crippen LogP) is 4.58. The third-order valence-electron chi connectivity index (χ3n) is 2.68. The molecule has 18 heavy (non-hydrogen) atoms. The van der Waals surface area contributed by atoms with Gasteiger partial charge in [-0.3, -0.25) is 0 Å². The molecule has 0 saturated heterocycles. The molecule has 1 atom stereocenters. The highest BCUT2D eigenvalue weighted by molar-refractivity contribution is 6.30. The summed E-state index contributed by atoms with van der Waals surface area (Å²) < 4.78 is 5.66. The van der Waals surface area contributed by atoms with Crippen molar-refractivity contribution in [2.24, 2.45) is 0 Å². The molecule has 1 N–H and O–H groups in total. The Labute approximate surface area is 112 Å². The first-order valence-electron chi connectivity index (χ1n) is 5.90. The molecule has 0 unspecified atom stereocenters. The topological polar surface area (TPSA) is 29.5 Å². The molecule has 2 aromatic carbocycles. The first kappa shape index (κ1) is 12.9.